The highest BCUT2D eigenvalue weighted by Gasteiger charge is 2.29. The fraction of sp³-hybridized carbons (Fsp3) is 0.625. The first-order valence-electron chi connectivity index (χ1n) is 7.49. The minimum Gasteiger partial charge on any atom is -0.493 e. The lowest BCUT2D eigenvalue weighted by Crippen LogP contribution is -2.45. The second-order valence-corrected chi connectivity index (χ2v) is 6.14. The maximum Gasteiger partial charge on any atom is 0.123 e. The summed E-state index contributed by atoms with van der Waals surface area (Å²) in [5.41, 5.74) is 1.22. The van der Waals surface area contributed by atoms with E-state index in [2.05, 4.69) is 41.2 Å². The van der Waals surface area contributed by atoms with Crippen LogP contribution in [-0.4, -0.2) is 25.4 Å². The van der Waals surface area contributed by atoms with Crippen LogP contribution in [0.15, 0.2) is 22.7 Å². The fourth-order valence-corrected chi connectivity index (χ4v) is 2.81. The second-order valence-electron chi connectivity index (χ2n) is 5.23. The van der Waals surface area contributed by atoms with Gasteiger partial charge in [-0.1, -0.05) is 22.9 Å². The van der Waals surface area contributed by atoms with Gasteiger partial charge < -0.3 is 14.8 Å². The Morgan fingerprint density at radius 2 is 2.10 bits per heavy atom. The number of halogens is 1. The lowest BCUT2D eigenvalue weighted by Gasteiger charge is -2.35. The second kappa shape index (κ2) is 8.01. The van der Waals surface area contributed by atoms with Gasteiger partial charge in [0.2, 0.25) is 0 Å². The van der Waals surface area contributed by atoms with Crippen molar-refractivity contribution in [3.63, 3.8) is 0 Å². The average molecular weight is 342 g/mol. The van der Waals surface area contributed by atoms with Crippen LogP contribution in [0.25, 0.3) is 0 Å². The highest BCUT2D eigenvalue weighted by atomic mass is 79.9. The summed E-state index contributed by atoms with van der Waals surface area (Å²) < 4.78 is 12.5. The van der Waals surface area contributed by atoms with E-state index in [4.69, 9.17) is 9.47 Å². The van der Waals surface area contributed by atoms with Gasteiger partial charge in [0.1, 0.15) is 5.75 Å². The summed E-state index contributed by atoms with van der Waals surface area (Å²) in [7, 11) is 0. The maximum absolute atomic E-state index is 5.80. The zero-order valence-electron chi connectivity index (χ0n) is 12.3. The largest absolute Gasteiger partial charge is 0.493 e. The maximum atomic E-state index is 5.80. The van der Waals surface area contributed by atoms with Gasteiger partial charge in [0, 0.05) is 29.2 Å². The predicted molar refractivity (Wildman–Crippen MR) is 85.2 cm³/mol. The van der Waals surface area contributed by atoms with E-state index in [0.29, 0.717) is 12.1 Å². The molecule has 1 fully saturated rings. The minimum absolute atomic E-state index is 0.454. The molecule has 0 unspecified atom stereocenters. The summed E-state index contributed by atoms with van der Waals surface area (Å²) in [4.78, 5) is 0. The van der Waals surface area contributed by atoms with Gasteiger partial charge in [0.05, 0.1) is 12.7 Å². The minimum atomic E-state index is 0.454. The molecule has 0 amide bonds. The molecule has 4 heteroatoms. The number of ether oxygens (including phenoxy) is 2. The van der Waals surface area contributed by atoms with Crippen LogP contribution >= 0.6 is 15.9 Å². The molecule has 1 aromatic rings. The normalized spacial score (nSPS) is 21.6. The smallest absolute Gasteiger partial charge is 0.123 e. The third-order valence-corrected chi connectivity index (χ3v) is 4.06. The molecular weight excluding hydrogens is 318 g/mol. The van der Waals surface area contributed by atoms with E-state index in [1.54, 1.807) is 0 Å². The third-order valence-electron chi connectivity index (χ3n) is 3.56. The van der Waals surface area contributed by atoms with E-state index in [1.165, 1.54) is 5.56 Å². The summed E-state index contributed by atoms with van der Waals surface area (Å²) in [6.07, 6.45) is 3.72. The number of hydrogen-bond acceptors (Lipinski definition) is 3. The number of hydrogen-bond donors (Lipinski definition) is 1. The van der Waals surface area contributed by atoms with Crippen molar-refractivity contribution in [2.24, 2.45) is 0 Å². The van der Waals surface area contributed by atoms with Crippen LogP contribution in [0.1, 0.15) is 38.7 Å². The summed E-state index contributed by atoms with van der Waals surface area (Å²) in [6.45, 7) is 6.61. The summed E-state index contributed by atoms with van der Waals surface area (Å²) >= 11 is 3.53. The van der Waals surface area contributed by atoms with Crippen LogP contribution in [0.5, 0.6) is 5.75 Å². The van der Waals surface area contributed by atoms with Crippen molar-refractivity contribution in [3.8, 4) is 5.75 Å². The highest BCUT2D eigenvalue weighted by molar-refractivity contribution is 9.10. The van der Waals surface area contributed by atoms with E-state index in [0.717, 1.165) is 49.2 Å². The molecule has 0 bridgehead atoms. The van der Waals surface area contributed by atoms with Crippen molar-refractivity contribution < 1.29 is 9.47 Å². The van der Waals surface area contributed by atoms with Crippen LogP contribution < -0.4 is 10.1 Å². The molecule has 1 N–H and O–H groups in total. The molecule has 0 heterocycles. The first kappa shape index (κ1) is 15.8. The van der Waals surface area contributed by atoms with Gasteiger partial charge in [0.15, 0.2) is 0 Å². The first-order chi connectivity index (χ1) is 9.72. The van der Waals surface area contributed by atoms with Crippen LogP contribution in [-0.2, 0) is 11.3 Å². The van der Waals surface area contributed by atoms with E-state index < -0.39 is 0 Å². The van der Waals surface area contributed by atoms with Crippen LogP contribution in [0.3, 0.4) is 0 Å². The fourth-order valence-electron chi connectivity index (χ4n) is 2.40. The standard InChI is InChI=1S/C16H24BrNO2/c1-3-7-20-16-6-5-13(17)8-12(16)11-18-14-9-15(10-14)19-4-2/h5-6,8,14-15,18H,3-4,7,9-11H2,1-2H3. The summed E-state index contributed by atoms with van der Waals surface area (Å²) in [5, 5.41) is 3.59. The van der Waals surface area contributed by atoms with E-state index in [-0.39, 0.29) is 0 Å². The predicted octanol–water partition coefficient (Wildman–Crippen LogP) is 3.90. The molecule has 0 aromatic heterocycles. The average Bonchev–Trinajstić information content (AvgIpc) is 2.40. The van der Waals surface area contributed by atoms with Gasteiger partial charge in [-0.3, -0.25) is 0 Å². The van der Waals surface area contributed by atoms with Gasteiger partial charge in [-0.15, -0.1) is 0 Å². The molecule has 0 spiro atoms. The monoisotopic (exact) mass is 341 g/mol. The topological polar surface area (TPSA) is 30.5 Å². The van der Waals surface area contributed by atoms with Crippen LogP contribution in [0.4, 0.5) is 0 Å². The Balaban J connectivity index is 1.84. The Bertz CT molecular complexity index is 419. The Morgan fingerprint density at radius 1 is 1.30 bits per heavy atom. The first-order valence-corrected chi connectivity index (χ1v) is 8.28. The summed E-state index contributed by atoms with van der Waals surface area (Å²) in [6, 6.07) is 6.78. The molecule has 1 saturated carbocycles. The van der Waals surface area contributed by atoms with Crippen LogP contribution in [0.2, 0.25) is 0 Å². The van der Waals surface area contributed by atoms with Crippen molar-refractivity contribution in [1.82, 2.24) is 5.32 Å². The molecular formula is C16H24BrNO2. The Labute approximate surface area is 130 Å². The lowest BCUT2D eigenvalue weighted by molar-refractivity contribution is -0.0102. The van der Waals surface area contributed by atoms with Gasteiger partial charge in [-0.25, -0.2) is 0 Å². The highest BCUT2D eigenvalue weighted by Crippen LogP contribution is 2.26. The quantitative estimate of drug-likeness (QED) is 0.777. The zero-order valence-corrected chi connectivity index (χ0v) is 13.9. The molecule has 0 saturated heterocycles. The van der Waals surface area contributed by atoms with E-state index >= 15 is 0 Å². The molecule has 1 aliphatic rings. The molecule has 3 nitrogen and oxygen atoms in total. The molecule has 112 valence electrons. The van der Waals surface area contributed by atoms with Gasteiger partial charge >= 0.3 is 0 Å². The SMILES string of the molecule is CCCOc1ccc(Br)cc1CNC1CC(OCC)C1. The van der Waals surface area contributed by atoms with Gasteiger partial charge in [-0.05, 0) is 44.4 Å². The number of rotatable bonds is 8. The van der Waals surface area contributed by atoms with Gasteiger partial charge in [0.25, 0.3) is 0 Å². The molecule has 2 rings (SSSR count). The molecule has 0 atom stereocenters. The van der Waals surface area contributed by atoms with E-state index in [1.807, 2.05) is 12.1 Å². The zero-order chi connectivity index (χ0) is 14.4. The Morgan fingerprint density at radius 3 is 2.80 bits per heavy atom. The molecule has 1 aliphatic carbocycles. The van der Waals surface area contributed by atoms with E-state index in [9.17, 15) is 0 Å². The van der Waals surface area contributed by atoms with Crippen LogP contribution in [0, 0.1) is 0 Å². The van der Waals surface area contributed by atoms with Crippen molar-refractivity contribution >= 4 is 15.9 Å². The lowest BCUT2D eigenvalue weighted by atomic mass is 9.89. The number of nitrogens with one attached hydrogen (secondary N) is 1. The van der Waals surface area contributed by atoms with Crippen molar-refractivity contribution in [2.45, 2.75) is 51.8 Å². The van der Waals surface area contributed by atoms with Crippen molar-refractivity contribution in [1.29, 1.82) is 0 Å². The van der Waals surface area contributed by atoms with Gasteiger partial charge in [-0.2, -0.15) is 0 Å². The Hall–Kier alpha value is -0.580. The summed E-state index contributed by atoms with van der Waals surface area (Å²) in [5.74, 6) is 0.989. The third kappa shape index (κ3) is 4.47. The number of benzene rings is 1. The molecule has 20 heavy (non-hydrogen) atoms. The van der Waals surface area contributed by atoms with Crippen molar-refractivity contribution in [3.05, 3.63) is 28.2 Å². The van der Waals surface area contributed by atoms with Crippen molar-refractivity contribution in [2.75, 3.05) is 13.2 Å². The molecule has 0 radical (unpaired) electrons. The Kier molecular flexibility index (Phi) is 6.33. The molecule has 0 aliphatic heterocycles. The molecule has 1 aromatic carbocycles.